The molecule has 4 heteroatoms. The lowest BCUT2D eigenvalue weighted by Gasteiger charge is -2.10. The first-order valence-corrected chi connectivity index (χ1v) is 8.55. The largest absolute Gasteiger partial charge is 0.317 e. The molecule has 0 saturated carbocycles. The van der Waals surface area contributed by atoms with Crippen LogP contribution in [0.25, 0.3) is 22.6 Å². The smallest absolute Gasteiger partial charge is 0.181 e. The van der Waals surface area contributed by atoms with Gasteiger partial charge in [0.25, 0.3) is 0 Å². The van der Waals surface area contributed by atoms with E-state index in [2.05, 4.69) is 76.9 Å². The number of fused-ring (bicyclic) bond motifs is 1. The highest BCUT2D eigenvalue weighted by molar-refractivity contribution is 5.76. The van der Waals surface area contributed by atoms with Crippen molar-refractivity contribution in [3.05, 3.63) is 77.7 Å². The number of rotatable bonds is 4. The summed E-state index contributed by atoms with van der Waals surface area (Å²) in [6.07, 6.45) is 4.45. The minimum absolute atomic E-state index is 0.733. The average molecular weight is 328 g/mol. The van der Waals surface area contributed by atoms with Gasteiger partial charge in [-0.1, -0.05) is 55.0 Å². The highest BCUT2D eigenvalue weighted by Crippen LogP contribution is 2.25. The Bertz CT molecular complexity index is 1020. The average Bonchev–Trinajstić information content (AvgIpc) is 3.01. The minimum Gasteiger partial charge on any atom is -0.317 e. The van der Waals surface area contributed by atoms with E-state index in [1.165, 1.54) is 16.7 Å². The molecule has 0 spiro atoms. The fourth-order valence-corrected chi connectivity index (χ4v) is 3.09. The molecule has 4 rings (SSSR count). The van der Waals surface area contributed by atoms with E-state index < -0.39 is 0 Å². The van der Waals surface area contributed by atoms with Crippen LogP contribution >= 0.6 is 0 Å². The molecule has 2 aromatic heterocycles. The predicted molar refractivity (Wildman–Crippen MR) is 100 cm³/mol. The number of hydrogen-bond acceptors (Lipinski definition) is 3. The summed E-state index contributed by atoms with van der Waals surface area (Å²) in [5.41, 5.74) is 6.60. The molecule has 0 saturated heterocycles. The number of aryl methyl sites for hydroxylation is 2. The zero-order valence-electron chi connectivity index (χ0n) is 14.5. The van der Waals surface area contributed by atoms with Crippen molar-refractivity contribution in [3.8, 4) is 11.4 Å². The first-order chi connectivity index (χ1) is 12.2. The predicted octanol–water partition coefficient (Wildman–Crippen LogP) is 4.41. The van der Waals surface area contributed by atoms with Crippen LogP contribution in [0.3, 0.4) is 0 Å². The standard InChI is InChI=1S/C21H20N4/c1-3-16-7-9-17(10-8-16)13-25-19-12-22-14-23-20(19)24-21(25)18-6-4-5-15(2)11-18/h4-12,14H,3,13H2,1-2H3. The second kappa shape index (κ2) is 6.48. The topological polar surface area (TPSA) is 43.6 Å². The van der Waals surface area contributed by atoms with Gasteiger partial charge in [0.1, 0.15) is 17.7 Å². The van der Waals surface area contributed by atoms with Crippen LogP contribution < -0.4 is 0 Å². The van der Waals surface area contributed by atoms with Crippen LogP contribution in [0.15, 0.2) is 61.1 Å². The molecule has 0 radical (unpaired) electrons. The number of nitrogens with zero attached hydrogens (tertiary/aromatic N) is 4. The van der Waals surface area contributed by atoms with Crippen LogP contribution in [0.1, 0.15) is 23.6 Å². The van der Waals surface area contributed by atoms with Crippen LogP contribution in [0.5, 0.6) is 0 Å². The first kappa shape index (κ1) is 15.5. The van der Waals surface area contributed by atoms with E-state index >= 15 is 0 Å². The molecule has 0 N–H and O–H groups in total. The molecule has 0 aliphatic heterocycles. The Hall–Kier alpha value is -3.01. The van der Waals surface area contributed by atoms with Gasteiger partial charge in [-0.25, -0.2) is 15.0 Å². The number of benzene rings is 2. The molecule has 4 aromatic rings. The molecule has 0 atom stereocenters. The quantitative estimate of drug-likeness (QED) is 0.557. The second-order valence-corrected chi connectivity index (χ2v) is 6.29. The van der Waals surface area contributed by atoms with Gasteiger partial charge in [-0.3, -0.25) is 0 Å². The minimum atomic E-state index is 0.733. The van der Waals surface area contributed by atoms with Crippen molar-refractivity contribution in [2.75, 3.05) is 0 Å². The van der Waals surface area contributed by atoms with E-state index in [-0.39, 0.29) is 0 Å². The first-order valence-electron chi connectivity index (χ1n) is 8.55. The number of hydrogen-bond donors (Lipinski definition) is 0. The lowest BCUT2D eigenvalue weighted by Crippen LogP contribution is -2.03. The van der Waals surface area contributed by atoms with E-state index in [0.717, 1.165) is 35.5 Å². The molecule has 0 aliphatic rings. The Morgan fingerprint density at radius 1 is 1.00 bits per heavy atom. The van der Waals surface area contributed by atoms with Crippen molar-refractivity contribution >= 4 is 11.2 Å². The van der Waals surface area contributed by atoms with Crippen LogP contribution in [0, 0.1) is 6.92 Å². The summed E-state index contributed by atoms with van der Waals surface area (Å²) in [5.74, 6) is 0.929. The Morgan fingerprint density at radius 3 is 2.56 bits per heavy atom. The van der Waals surface area contributed by atoms with Crippen molar-refractivity contribution < 1.29 is 0 Å². The second-order valence-electron chi connectivity index (χ2n) is 6.29. The van der Waals surface area contributed by atoms with Gasteiger partial charge in [0.05, 0.1) is 6.20 Å². The highest BCUT2D eigenvalue weighted by atomic mass is 15.1. The van der Waals surface area contributed by atoms with Gasteiger partial charge in [-0.05, 0) is 30.5 Å². The Morgan fingerprint density at radius 2 is 1.80 bits per heavy atom. The van der Waals surface area contributed by atoms with E-state index in [1.807, 2.05) is 6.20 Å². The third-order valence-electron chi connectivity index (χ3n) is 4.48. The molecule has 4 nitrogen and oxygen atoms in total. The molecule has 2 aromatic carbocycles. The molecule has 0 aliphatic carbocycles. The Kier molecular flexibility index (Phi) is 4.02. The third kappa shape index (κ3) is 3.03. The Balaban J connectivity index is 1.84. The molecule has 2 heterocycles. The lowest BCUT2D eigenvalue weighted by molar-refractivity contribution is 0.831. The summed E-state index contributed by atoms with van der Waals surface area (Å²) in [6.45, 7) is 5.02. The van der Waals surface area contributed by atoms with Crippen molar-refractivity contribution in [2.45, 2.75) is 26.8 Å². The SMILES string of the molecule is CCc1ccc(Cn2c(-c3cccc(C)c3)nc3ncncc32)cc1. The van der Waals surface area contributed by atoms with Crippen molar-refractivity contribution in [1.29, 1.82) is 0 Å². The van der Waals surface area contributed by atoms with Crippen molar-refractivity contribution in [3.63, 3.8) is 0 Å². The summed E-state index contributed by atoms with van der Waals surface area (Å²) in [6, 6.07) is 17.2. The molecular weight excluding hydrogens is 308 g/mol. The summed E-state index contributed by atoms with van der Waals surface area (Å²) < 4.78 is 2.20. The molecule has 0 unspecified atom stereocenters. The van der Waals surface area contributed by atoms with Gasteiger partial charge in [0, 0.05) is 12.1 Å². The molecule has 0 fully saturated rings. The van der Waals surface area contributed by atoms with Gasteiger partial charge in [-0.15, -0.1) is 0 Å². The molecule has 0 amide bonds. The van der Waals surface area contributed by atoms with Crippen LogP contribution in [0.2, 0.25) is 0 Å². The zero-order valence-corrected chi connectivity index (χ0v) is 14.5. The van der Waals surface area contributed by atoms with Crippen LogP contribution in [-0.2, 0) is 13.0 Å². The van der Waals surface area contributed by atoms with Crippen LogP contribution in [-0.4, -0.2) is 19.5 Å². The fraction of sp³-hybridized carbons (Fsp3) is 0.190. The lowest BCUT2D eigenvalue weighted by atomic mass is 10.1. The number of imidazole rings is 1. The van der Waals surface area contributed by atoms with E-state index in [1.54, 1.807) is 6.33 Å². The van der Waals surface area contributed by atoms with Gasteiger partial charge in [-0.2, -0.15) is 0 Å². The van der Waals surface area contributed by atoms with E-state index in [9.17, 15) is 0 Å². The monoisotopic (exact) mass is 328 g/mol. The van der Waals surface area contributed by atoms with Gasteiger partial charge >= 0.3 is 0 Å². The summed E-state index contributed by atoms with van der Waals surface area (Å²) in [4.78, 5) is 13.3. The van der Waals surface area contributed by atoms with Gasteiger partial charge in [0.15, 0.2) is 5.65 Å². The zero-order chi connectivity index (χ0) is 17.2. The van der Waals surface area contributed by atoms with Gasteiger partial charge < -0.3 is 4.57 Å². The van der Waals surface area contributed by atoms with Crippen molar-refractivity contribution in [1.82, 2.24) is 19.5 Å². The maximum absolute atomic E-state index is 4.77. The molecular formula is C21H20N4. The Labute approximate surface area is 147 Å². The van der Waals surface area contributed by atoms with E-state index in [4.69, 9.17) is 4.98 Å². The van der Waals surface area contributed by atoms with Crippen LogP contribution in [0.4, 0.5) is 0 Å². The summed E-state index contributed by atoms with van der Waals surface area (Å²) in [5, 5.41) is 0. The summed E-state index contributed by atoms with van der Waals surface area (Å²) >= 11 is 0. The fourth-order valence-electron chi connectivity index (χ4n) is 3.09. The van der Waals surface area contributed by atoms with Crippen molar-refractivity contribution in [2.24, 2.45) is 0 Å². The molecule has 25 heavy (non-hydrogen) atoms. The van der Waals surface area contributed by atoms with E-state index in [0.29, 0.717) is 0 Å². The third-order valence-corrected chi connectivity index (χ3v) is 4.48. The van der Waals surface area contributed by atoms with Gasteiger partial charge in [0.2, 0.25) is 0 Å². The molecule has 0 bridgehead atoms. The normalized spacial score (nSPS) is 11.1. The highest BCUT2D eigenvalue weighted by Gasteiger charge is 2.14. The maximum atomic E-state index is 4.77. The number of aromatic nitrogens is 4. The maximum Gasteiger partial charge on any atom is 0.181 e. The summed E-state index contributed by atoms with van der Waals surface area (Å²) in [7, 11) is 0. The molecule has 124 valence electrons.